The molecule has 0 bridgehead atoms. The highest BCUT2D eigenvalue weighted by molar-refractivity contribution is 6.62. The summed E-state index contributed by atoms with van der Waals surface area (Å²) in [6.45, 7) is 10.1. The molecule has 3 rings (SSSR count). The molecule has 0 radical (unpaired) electrons. The minimum absolute atomic E-state index is 0.238. The molecule has 7 heteroatoms. The Kier molecular flexibility index (Phi) is 4.71. The first-order valence-corrected chi connectivity index (χ1v) is 8.70. The first-order chi connectivity index (χ1) is 12.2. The summed E-state index contributed by atoms with van der Waals surface area (Å²) in [5.74, 6) is -0.212. The van der Waals surface area contributed by atoms with Crippen molar-refractivity contribution >= 4 is 29.5 Å². The van der Waals surface area contributed by atoms with Crippen molar-refractivity contribution in [3.63, 3.8) is 0 Å². The quantitative estimate of drug-likeness (QED) is 0.619. The van der Waals surface area contributed by atoms with Gasteiger partial charge in [0.1, 0.15) is 5.56 Å². The minimum atomic E-state index is -0.470. The van der Waals surface area contributed by atoms with Gasteiger partial charge in [-0.3, -0.25) is 0 Å². The van der Waals surface area contributed by atoms with E-state index in [9.17, 15) is 4.79 Å². The van der Waals surface area contributed by atoms with Gasteiger partial charge in [0.25, 0.3) is 0 Å². The number of rotatable bonds is 4. The molecule has 1 aromatic heterocycles. The maximum Gasteiger partial charge on any atom is 0.494 e. The van der Waals surface area contributed by atoms with Gasteiger partial charge in [-0.15, -0.1) is 0 Å². The Morgan fingerprint density at radius 2 is 1.81 bits per heavy atom. The minimum Gasteiger partial charge on any atom is -0.480 e. The molecule has 0 atom stereocenters. The van der Waals surface area contributed by atoms with Crippen LogP contribution in [0.2, 0.25) is 0 Å². The van der Waals surface area contributed by atoms with E-state index in [2.05, 4.69) is 4.98 Å². The number of fused-ring (bicyclic) bond motifs is 1. The second-order valence-corrected chi connectivity index (χ2v) is 7.31. The van der Waals surface area contributed by atoms with Gasteiger partial charge in [-0.25, -0.2) is 9.78 Å². The molecule has 1 aromatic carbocycles. The molecule has 1 aliphatic heterocycles. The maximum atomic E-state index is 12.1. The number of aromatic nitrogens is 1. The predicted octanol–water partition coefficient (Wildman–Crippen LogP) is 2.72. The summed E-state index contributed by atoms with van der Waals surface area (Å²) < 4.78 is 22.5. The summed E-state index contributed by atoms with van der Waals surface area (Å²) in [5.41, 5.74) is 1.05. The molecule has 1 aliphatic rings. The average molecular weight is 357 g/mol. The topological polar surface area (TPSA) is 66.9 Å². The fourth-order valence-corrected chi connectivity index (χ4v) is 2.80. The number of benzene rings is 1. The molecule has 0 aliphatic carbocycles. The Morgan fingerprint density at radius 3 is 2.38 bits per heavy atom. The van der Waals surface area contributed by atoms with Crippen LogP contribution in [0.1, 0.15) is 45.0 Å². The van der Waals surface area contributed by atoms with Crippen molar-refractivity contribution in [3.8, 4) is 5.88 Å². The molecule has 0 amide bonds. The zero-order valence-corrected chi connectivity index (χ0v) is 16.1. The second kappa shape index (κ2) is 6.56. The molecular weight excluding hydrogens is 333 g/mol. The number of hydrogen-bond acceptors (Lipinski definition) is 6. The van der Waals surface area contributed by atoms with E-state index in [1.807, 2.05) is 45.9 Å². The lowest BCUT2D eigenvalue weighted by atomic mass is 9.78. The standard InChI is InChI=1S/C19H24BNO5/c1-7-24-17(22)14-10-12-8-9-13(11-15(12)21-16(14)23-6)20-25-18(2,3)19(4,5)26-20/h8-11H,7H2,1-6H3. The van der Waals surface area contributed by atoms with E-state index >= 15 is 0 Å². The van der Waals surface area contributed by atoms with Gasteiger partial charge in [0.2, 0.25) is 5.88 Å². The Hall–Kier alpha value is -2.12. The van der Waals surface area contributed by atoms with Gasteiger partial charge < -0.3 is 18.8 Å². The molecule has 2 aromatic rings. The maximum absolute atomic E-state index is 12.1. The van der Waals surface area contributed by atoms with Gasteiger partial charge in [0.05, 0.1) is 30.4 Å². The van der Waals surface area contributed by atoms with Crippen molar-refractivity contribution in [1.29, 1.82) is 0 Å². The number of ether oxygens (including phenoxy) is 2. The zero-order valence-electron chi connectivity index (χ0n) is 16.1. The number of esters is 1. The first-order valence-electron chi connectivity index (χ1n) is 8.70. The van der Waals surface area contributed by atoms with Crippen molar-refractivity contribution in [2.75, 3.05) is 13.7 Å². The van der Waals surface area contributed by atoms with Crippen LogP contribution in [0.4, 0.5) is 0 Å². The second-order valence-electron chi connectivity index (χ2n) is 7.31. The number of nitrogens with zero attached hydrogens (tertiary/aromatic N) is 1. The van der Waals surface area contributed by atoms with Crippen LogP contribution in [0.25, 0.3) is 10.9 Å². The largest absolute Gasteiger partial charge is 0.494 e. The molecule has 0 N–H and O–H groups in total. The Morgan fingerprint density at radius 1 is 1.15 bits per heavy atom. The van der Waals surface area contributed by atoms with E-state index in [1.54, 1.807) is 13.0 Å². The molecule has 26 heavy (non-hydrogen) atoms. The summed E-state index contributed by atoms with van der Waals surface area (Å²) >= 11 is 0. The number of pyridine rings is 1. The van der Waals surface area contributed by atoms with Gasteiger partial charge in [0, 0.05) is 5.39 Å². The summed E-state index contributed by atoms with van der Waals surface area (Å²) in [5, 5.41) is 0.814. The average Bonchev–Trinajstić information content (AvgIpc) is 2.81. The molecular formula is C19H24BNO5. The fraction of sp³-hybridized carbons (Fsp3) is 0.474. The monoisotopic (exact) mass is 357 g/mol. The van der Waals surface area contributed by atoms with Crippen LogP contribution in [0.5, 0.6) is 5.88 Å². The highest BCUT2D eigenvalue weighted by Gasteiger charge is 2.51. The third-order valence-corrected chi connectivity index (χ3v) is 5.02. The van der Waals surface area contributed by atoms with E-state index in [-0.39, 0.29) is 5.88 Å². The zero-order chi connectivity index (χ0) is 19.1. The lowest BCUT2D eigenvalue weighted by Crippen LogP contribution is -2.41. The molecule has 138 valence electrons. The van der Waals surface area contributed by atoms with E-state index in [4.69, 9.17) is 18.8 Å². The van der Waals surface area contributed by atoms with Crippen molar-refractivity contribution < 1.29 is 23.6 Å². The summed E-state index contributed by atoms with van der Waals surface area (Å²) in [6.07, 6.45) is 0. The molecule has 0 saturated carbocycles. The normalized spacial score (nSPS) is 18.2. The van der Waals surface area contributed by atoms with Crippen molar-refractivity contribution in [2.45, 2.75) is 45.8 Å². The van der Waals surface area contributed by atoms with Crippen molar-refractivity contribution in [3.05, 3.63) is 29.8 Å². The van der Waals surface area contributed by atoms with Crippen LogP contribution in [-0.2, 0) is 14.0 Å². The van der Waals surface area contributed by atoms with Gasteiger partial charge in [-0.05, 0) is 52.2 Å². The van der Waals surface area contributed by atoms with E-state index < -0.39 is 24.3 Å². The van der Waals surface area contributed by atoms with Crippen LogP contribution < -0.4 is 10.2 Å². The highest BCUT2D eigenvalue weighted by atomic mass is 16.7. The molecule has 1 saturated heterocycles. The molecule has 1 fully saturated rings. The molecule has 0 spiro atoms. The number of methoxy groups -OCH3 is 1. The smallest absolute Gasteiger partial charge is 0.480 e. The van der Waals surface area contributed by atoms with Crippen LogP contribution in [-0.4, -0.2) is 43.0 Å². The van der Waals surface area contributed by atoms with Crippen LogP contribution in [0, 0.1) is 0 Å². The van der Waals surface area contributed by atoms with Gasteiger partial charge in [-0.1, -0.05) is 12.1 Å². The Bertz CT molecular complexity index is 833. The van der Waals surface area contributed by atoms with Gasteiger partial charge in [-0.2, -0.15) is 0 Å². The van der Waals surface area contributed by atoms with E-state index in [1.165, 1.54) is 7.11 Å². The van der Waals surface area contributed by atoms with Gasteiger partial charge >= 0.3 is 13.1 Å². The lowest BCUT2D eigenvalue weighted by molar-refractivity contribution is 0.00578. The Balaban J connectivity index is 2.00. The van der Waals surface area contributed by atoms with Crippen LogP contribution >= 0.6 is 0 Å². The lowest BCUT2D eigenvalue weighted by Gasteiger charge is -2.32. The third kappa shape index (κ3) is 3.17. The summed E-state index contributed by atoms with van der Waals surface area (Å²) in [4.78, 5) is 16.6. The SMILES string of the molecule is CCOC(=O)c1cc2ccc(B3OC(C)(C)C(C)(C)O3)cc2nc1OC. The van der Waals surface area contributed by atoms with Crippen molar-refractivity contribution in [2.24, 2.45) is 0 Å². The summed E-state index contributed by atoms with van der Waals surface area (Å²) in [7, 11) is 1.01. The van der Waals surface area contributed by atoms with Gasteiger partial charge in [0.15, 0.2) is 0 Å². The summed E-state index contributed by atoms with van der Waals surface area (Å²) in [6, 6.07) is 7.44. The van der Waals surface area contributed by atoms with Crippen LogP contribution in [0.3, 0.4) is 0 Å². The molecule has 2 heterocycles. The van der Waals surface area contributed by atoms with Crippen LogP contribution in [0.15, 0.2) is 24.3 Å². The van der Waals surface area contributed by atoms with E-state index in [0.29, 0.717) is 17.7 Å². The van der Waals surface area contributed by atoms with E-state index in [0.717, 1.165) is 10.8 Å². The molecule has 6 nitrogen and oxygen atoms in total. The number of carbonyl (C=O) groups is 1. The fourth-order valence-electron chi connectivity index (χ4n) is 2.80. The number of carbonyl (C=O) groups excluding carboxylic acids is 1. The third-order valence-electron chi connectivity index (χ3n) is 5.02. The number of hydrogen-bond donors (Lipinski definition) is 0. The first kappa shape index (κ1) is 18.7. The predicted molar refractivity (Wildman–Crippen MR) is 100.0 cm³/mol. The Labute approximate surface area is 153 Å². The van der Waals surface area contributed by atoms with Crippen molar-refractivity contribution in [1.82, 2.24) is 4.98 Å². The highest BCUT2D eigenvalue weighted by Crippen LogP contribution is 2.36. The molecule has 0 unspecified atom stereocenters.